The van der Waals surface area contributed by atoms with Crippen LogP contribution in [0.1, 0.15) is 30.5 Å². The molecule has 0 spiro atoms. The maximum Gasteiger partial charge on any atom is 0.272 e. The van der Waals surface area contributed by atoms with Gasteiger partial charge in [0, 0.05) is 11.1 Å². The van der Waals surface area contributed by atoms with E-state index in [0.29, 0.717) is 16.5 Å². The van der Waals surface area contributed by atoms with Crippen molar-refractivity contribution in [3.05, 3.63) is 70.1 Å². The van der Waals surface area contributed by atoms with Crippen LogP contribution in [0.3, 0.4) is 0 Å². The molecule has 1 aliphatic rings. The summed E-state index contributed by atoms with van der Waals surface area (Å²) in [7, 11) is 2.19. The van der Waals surface area contributed by atoms with Crippen LogP contribution in [0.2, 0.25) is 0 Å². The second-order valence-electron chi connectivity index (χ2n) is 8.25. The topological polar surface area (TPSA) is 78.1 Å². The van der Waals surface area contributed by atoms with Crippen LogP contribution in [-0.4, -0.2) is 41.1 Å². The van der Waals surface area contributed by atoms with Gasteiger partial charge in [0.1, 0.15) is 0 Å². The van der Waals surface area contributed by atoms with Crippen LogP contribution >= 0.6 is 0 Å². The number of aryl methyl sites for hydroxylation is 1. The Bertz CT molecular complexity index is 1070. The Balaban J connectivity index is 1.33. The molecule has 0 atom stereocenters. The number of nitrogens with zero attached hydrogens (tertiary/aromatic N) is 2. The molecule has 0 aliphatic carbocycles. The van der Waals surface area contributed by atoms with Gasteiger partial charge >= 0.3 is 0 Å². The minimum absolute atomic E-state index is 0.106. The molecule has 4 rings (SSSR count). The quantitative estimate of drug-likeness (QED) is 0.660. The van der Waals surface area contributed by atoms with Crippen LogP contribution in [0.15, 0.2) is 53.3 Å². The molecule has 1 amide bonds. The number of fused-ring (bicyclic) bond motifs is 1. The third kappa shape index (κ3) is 4.94. The number of H-pyrrole nitrogens is 1. The summed E-state index contributed by atoms with van der Waals surface area (Å²) in [4.78, 5) is 26.8. The lowest BCUT2D eigenvalue weighted by Gasteiger charge is -2.28. The molecule has 6 nitrogen and oxygen atoms in total. The SMILES string of the molecule is CN1CCC(CCc2ccc(NC(=O)Cc3n[nH]c(=O)c4ccccc34)cc2)CC1. The molecule has 1 saturated heterocycles. The molecule has 1 aliphatic heterocycles. The smallest absolute Gasteiger partial charge is 0.272 e. The van der Waals surface area contributed by atoms with E-state index < -0.39 is 0 Å². The van der Waals surface area contributed by atoms with E-state index in [1.54, 1.807) is 12.1 Å². The predicted molar refractivity (Wildman–Crippen MR) is 120 cm³/mol. The van der Waals surface area contributed by atoms with Gasteiger partial charge in [-0.05, 0) is 75.5 Å². The highest BCUT2D eigenvalue weighted by atomic mass is 16.1. The maximum absolute atomic E-state index is 12.5. The molecule has 0 bridgehead atoms. The van der Waals surface area contributed by atoms with Crippen molar-refractivity contribution in [2.45, 2.75) is 32.1 Å². The van der Waals surface area contributed by atoms with Crippen LogP contribution in [-0.2, 0) is 17.6 Å². The molecule has 0 unspecified atom stereocenters. The van der Waals surface area contributed by atoms with Crippen molar-refractivity contribution >= 4 is 22.4 Å². The summed E-state index contributed by atoms with van der Waals surface area (Å²) in [5.74, 6) is 0.666. The molecular formula is C24H28N4O2. The van der Waals surface area contributed by atoms with Gasteiger partial charge in [0.2, 0.25) is 5.91 Å². The van der Waals surface area contributed by atoms with Crippen molar-refractivity contribution < 1.29 is 4.79 Å². The van der Waals surface area contributed by atoms with Crippen LogP contribution in [0, 0.1) is 5.92 Å². The fourth-order valence-electron chi connectivity index (χ4n) is 4.14. The van der Waals surface area contributed by atoms with E-state index in [2.05, 4.69) is 39.6 Å². The Morgan fingerprint density at radius 1 is 1.10 bits per heavy atom. The van der Waals surface area contributed by atoms with E-state index >= 15 is 0 Å². The lowest BCUT2D eigenvalue weighted by atomic mass is 9.91. The van der Waals surface area contributed by atoms with Crippen molar-refractivity contribution in [1.82, 2.24) is 15.1 Å². The van der Waals surface area contributed by atoms with Crippen molar-refractivity contribution in [2.75, 3.05) is 25.5 Å². The van der Waals surface area contributed by atoms with Gasteiger partial charge in [-0.1, -0.05) is 30.3 Å². The number of carbonyl (C=O) groups is 1. The Morgan fingerprint density at radius 2 is 1.80 bits per heavy atom. The number of hydrogen-bond donors (Lipinski definition) is 2. The van der Waals surface area contributed by atoms with Gasteiger partial charge in [-0.2, -0.15) is 5.10 Å². The summed E-state index contributed by atoms with van der Waals surface area (Å²) in [5, 5.41) is 10.7. The number of nitrogens with one attached hydrogen (secondary N) is 2. The third-order valence-electron chi connectivity index (χ3n) is 6.02. The third-order valence-corrected chi connectivity index (χ3v) is 6.02. The van der Waals surface area contributed by atoms with Crippen LogP contribution in [0.25, 0.3) is 10.8 Å². The Kier molecular flexibility index (Phi) is 6.23. The average molecular weight is 405 g/mol. The van der Waals surface area contributed by atoms with Gasteiger partial charge in [0.15, 0.2) is 0 Å². The normalized spacial score (nSPS) is 15.4. The maximum atomic E-state index is 12.5. The van der Waals surface area contributed by atoms with E-state index in [9.17, 15) is 9.59 Å². The van der Waals surface area contributed by atoms with Gasteiger partial charge in [-0.25, -0.2) is 5.10 Å². The minimum Gasteiger partial charge on any atom is -0.326 e. The fourth-order valence-corrected chi connectivity index (χ4v) is 4.14. The largest absolute Gasteiger partial charge is 0.326 e. The van der Waals surface area contributed by atoms with Crippen molar-refractivity contribution in [1.29, 1.82) is 0 Å². The van der Waals surface area contributed by atoms with Gasteiger partial charge in [0.25, 0.3) is 5.56 Å². The summed E-state index contributed by atoms with van der Waals surface area (Å²) >= 11 is 0. The van der Waals surface area contributed by atoms with Gasteiger partial charge in [0.05, 0.1) is 17.5 Å². The highest BCUT2D eigenvalue weighted by molar-refractivity contribution is 5.95. The van der Waals surface area contributed by atoms with Gasteiger partial charge < -0.3 is 10.2 Å². The van der Waals surface area contributed by atoms with Gasteiger partial charge in [-0.15, -0.1) is 0 Å². The molecule has 0 radical (unpaired) electrons. The second kappa shape index (κ2) is 9.22. The Morgan fingerprint density at radius 3 is 2.53 bits per heavy atom. The lowest BCUT2D eigenvalue weighted by Crippen LogP contribution is -2.30. The molecule has 2 aromatic carbocycles. The molecule has 3 aromatic rings. The molecule has 2 N–H and O–H groups in total. The standard InChI is InChI=1S/C24H28N4O2/c1-28-14-12-18(13-15-28)7-6-17-8-10-19(11-9-17)25-23(29)16-22-20-4-2-3-5-21(20)24(30)27-26-22/h2-5,8-11,18H,6-7,12-16H2,1H3,(H,25,29)(H,27,30). The molecular weight excluding hydrogens is 376 g/mol. The fraction of sp³-hybridized carbons (Fsp3) is 0.375. The van der Waals surface area contributed by atoms with E-state index in [1.165, 1.54) is 37.9 Å². The number of hydrogen-bond acceptors (Lipinski definition) is 4. The van der Waals surface area contributed by atoms with E-state index in [1.807, 2.05) is 24.3 Å². The number of amides is 1. The predicted octanol–water partition coefficient (Wildman–Crippen LogP) is 3.38. The number of benzene rings is 2. The van der Waals surface area contributed by atoms with E-state index in [-0.39, 0.29) is 17.9 Å². The highest BCUT2D eigenvalue weighted by Crippen LogP contribution is 2.22. The number of piperidine rings is 1. The first-order valence-corrected chi connectivity index (χ1v) is 10.6. The van der Waals surface area contributed by atoms with Gasteiger partial charge in [-0.3, -0.25) is 9.59 Å². The van der Waals surface area contributed by atoms with Crippen LogP contribution in [0.4, 0.5) is 5.69 Å². The monoisotopic (exact) mass is 404 g/mol. The minimum atomic E-state index is -0.245. The molecule has 0 saturated carbocycles. The number of carbonyl (C=O) groups excluding carboxylic acids is 1. The zero-order valence-corrected chi connectivity index (χ0v) is 17.4. The lowest BCUT2D eigenvalue weighted by molar-refractivity contribution is -0.115. The molecule has 30 heavy (non-hydrogen) atoms. The first-order valence-electron chi connectivity index (χ1n) is 10.6. The number of aromatic amines is 1. The zero-order valence-electron chi connectivity index (χ0n) is 17.4. The summed E-state index contributed by atoms with van der Waals surface area (Å²) in [5.41, 5.74) is 2.40. The summed E-state index contributed by atoms with van der Waals surface area (Å²) in [6, 6.07) is 15.3. The number of anilines is 1. The molecule has 2 heterocycles. The van der Waals surface area contributed by atoms with Crippen molar-refractivity contribution in [2.24, 2.45) is 5.92 Å². The molecule has 1 aromatic heterocycles. The summed E-state index contributed by atoms with van der Waals surface area (Å²) in [6.07, 6.45) is 4.99. The average Bonchev–Trinajstić information content (AvgIpc) is 2.76. The molecule has 1 fully saturated rings. The van der Waals surface area contributed by atoms with Crippen LogP contribution in [0.5, 0.6) is 0 Å². The highest BCUT2D eigenvalue weighted by Gasteiger charge is 2.16. The Labute approximate surface area is 176 Å². The zero-order chi connectivity index (χ0) is 20.9. The number of aromatic nitrogens is 2. The van der Waals surface area contributed by atoms with E-state index in [4.69, 9.17) is 0 Å². The molecule has 6 heteroatoms. The summed E-state index contributed by atoms with van der Waals surface area (Å²) in [6.45, 7) is 2.41. The first-order chi connectivity index (χ1) is 14.6. The number of rotatable bonds is 6. The molecule has 156 valence electrons. The van der Waals surface area contributed by atoms with Crippen molar-refractivity contribution in [3.8, 4) is 0 Å². The summed E-state index contributed by atoms with van der Waals surface area (Å²) < 4.78 is 0. The van der Waals surface area contributed by atoms with Crippen molar-refractivity contribution in [3.63, 3.8) is 0 Å². The number of likely N-dealkylation sites (tertiary alicyclic amines) is 1. The second-order valence-corrected chi connectivity index (χ2v) is 8.25. The van der Waals surface area contributed by atoms with E-state index in [0.717, 1.165) is 18.0 Å². The van der Waals surface area contributed by atoms with Crippen LogP contribution < -0.4 is 10.9 Å². The Hall–Kier alpha value is -2.99. The first kappa shape index (κ1) is 20.3.